The van der Waals surface area contributed by atoms with Crippen LogP contribution in [0, 0.1) is 0 Å². The molecule has 0 aliphatic heterocycles. The minimum absolute atomic E-state index is 0.0304. The van der Waals surface area contributed by atoms with Gasteiger partial charge in [-0.1, -0.05) is 0 Å². The summed E-state index contributed by atoms with van der Waals surface area (Å²) in [6, 6.07) is 0.0172. The Morgan fingerprint density at radius 3 is 2.42 bits per heavy atom. The van der Waals surface area contributed by atoms with Gasteiger partial charge in [0.15, 0.2) is 0 Å². The molecule has 2 unspecified atom stereocenters. The van der Waals surface area contributed by atoms with E-state index in [9.17, 15) is 24.3 Å². The maximum absolute atomic E-state index is 12.5. The van der Waals surface area contributed by atoms with E-state index in [0.717, 1.165) is 4.90 Å². The van der Waals surface area contributed by atoms with Crippen LogP contribution in [0.1, 0.15) is 26.8 Å². The van der Waals surface area contributed by atoms with E-state index < -0.39 is 24.0 Å². The number of amides is 3. The average molecular weight is 367 g/mol. The molecule has 0 saturated heterocycles. The van der Waals surface area contributed by atoms with Crippen molar-refractivity contribution in [3.8, 4) is 0 Å². The molecule has 2 atom stereocenters. The predicted molar refractivity (Wildman–Crippen MR) is 92.1 cm³/mol. The van der Waals surface area contributed by atoms with Crippen molar-refractivity contribution >= 4 is 23.7 Å². The molecule has 0 spiro atoms. The van der Waals surface area contributed by atoms with Crippen molar-refractivity contribution in [3.05, 3.63) is 18.5 Å². The lowest BCUT2D eigenvalue weighted by Crippen LogP contribution is -2.50. The number of aliphatic carboxylic acids is 1. The zero-order chi connectivity index (χ0) is 19.9. The van der Waals surface area contributed by atoms with Gasteiger partial charge in [-0.2, -0.15) is 5.10 Å². The second-order valence-corrected chi connectivity index (χ2v) is 5.94. The minimum atomic E-state index is -1.17. The van der Waals surface area contributed by atoms with Crippen molar-refractivity contribution in [1.82, 2.24) is 24.9 Å². The van der Waals surface area contributed by atoms with E-state index in [0.29, 0.717) is 0 Å². The maximum atomic E-state index is 12.5. The van der Waals surface area contributed by atoms with Crippen molar-refractivity contribution in [1.29, 1.82) is 0 Å². The third-order valence-electron chi connectivity index (χ3n) is 3.90. The van der Waals surface area contributed by atoms with E-state index in [1.165, 1.54) is 30.5 Å². The van der Waals surface area contributed by atoms with Crippen LogP contribution in [-0.2, 0) is 19.2 Å². The average Bonchev–Trinajstić information content (AvgIpc) is 3.10. The molecule has 26 heavy (non-hydrogen) atoms. The Kier molecular flexibility index (Phi) is 7.76. The highest BCUT2D eigenvalue weighted by Crippen LogP contribution is 2.08. The van der Waals surface area contributed by atoms with Crippen LogP contribution in [0.25, 0.3) is 0 Å². The first-order chi connectivity index (χ1) is 12.1. The van der Waals surface area contributed by atoms with E-state index in [4.69, 9.17) is 0 Å². The summed E-state index contributed by atoms with van der Waals surface area (Å²) in [4.78, 5) is 49.5. The number of hydrogen-bond donors (Lipinski definition) is 2. The topological polar surface area (TPSA) is 125 Å². The van der Waals surface area contributed by atoms with Crippen molar-refractivity contribution in [2.75, 3.05) is 26.7 Å². The van der Waals surface area contributed by atoms with Crippen LogP contribution >= 0.6 is 0 Å². The Morgan fingerprint density at radius 1 is 1.27 bits per heavy atom. The van der Waals surface area contributed by atoms with Gasteiger partial charge < -0.3 is 20.2 Å². The first-order valence-electron chi connectivity index (χ1n) is 8.16. The monoisotopic (exact) mass is 367 g/mol. The molecule has 0 bridgehead atoms. The number of carboxylic acids is 1. The molecular formula is C16H25N5O5. The molecule has 3 amide bonds. The molecule has 1 aromatic rings. The van der Waals surface area contributed by atoms with Gasteiger partial charge in [0.05, 0.1) is 6.54 Å². The number of hydrogen-bond acceptors (Lipinski definition) is 5. The second-order valence-electron chi connectivity index (χ2n) is 5.94. The van der Waals surface area contributed by atoms with Gasteiger partial charge in [-0.05, 0) is 19.9 Å². The number of carbonyl (C=O) groups is 4. The Morgan fingerprint density at radius 2 is 1.92 bits per heavy atom. The number of carboxylic acid groups (broad SMARTS) is 1. The van der Waals surface area contributed by atoms with Crippen molar-refractivity contribution < 1.29 is 24.3 Å². The van der Waals surface area contributed by atoms with Crippen LogP contribution in [0.2, 0.25) is 0 Å². The molecule has 1 rings (SSSR count). The third-order valence-corrected chi connectivity index (χ3v) is 3.90. The molecule has 144 valence electrons. The maximum Gasteiger partial charge on any atom is 0.326 e. The van der Waals surface area contributed by atoms with Crippen molar-refractivity contribution in [2.24, 2.45) is 0 Å². The molecule has 0 aromatic carbocycles. The highest BCUT2D eigenvalue weighted by atomic mass is 16.4. The van der Waals surface area contributed by atoms with E-state index in [1.807, 2.05) is 0 Å². The number of nitrogens with one attached hydrogen (secondary N) is 1. The molecule has 0 aliphatic carbocycles. The molecule has 0 fully saturated rings. The highest BCUT2D eigenvalue weighted by Gasteiger charge is 2.28. The van der Waals surface area contributed by atoms with Crippen LogP contribution in [-0.4, -0.2) is 81.1 Å². The lowest BCUT2D eigenvalue weighted by Gasteiger charge is -2.29. The van der Waals surface area contributed by atoms with Crippen LogP contribution < -0.4 is 5.32 Å². The van der Waals surface area contributed by atoms with E-state index in [1.54, 1.807) is 25.4 Å². The predicted octanol–water partition coefficient (Wildman–Crippen LogP) is -0.660. The summed E-state index contributed by atoms with van der Waals surface area (Å²) in [5.41, 5.74) is 0. The number of aromatic nitrogens is 2. The molecule has 1 aromatic heterocycles. The van der Waals surface area contributed by atoms with Gasteiger partial charge in [-0.3, -0.25) is 19.1 Å². The lowest BCUT2D eigenvalue weighted by molar-refractivity contribution is -0.151. The normalized spacial score (nSPS) is 12.8. The van der Waals surface area contributed by atoms with Gasteiger partial charge in [-0.15, -0.1) is 0 Å². The third kappa shape index (κ3) is 5.87. The summed E-state index contributed by atoms with van der Waals surface area (Å²) < 4.78 is 1.47. The highest BCUT2D eigenvalue weighted by molar-refractivity contribution is 5.88. The van der Waals surface area contributed by atoms with E-state index >= 15 is 0 Å². The molecule has 10 heteroatoms. The summed E-state index contributed by atoms with van der Waals surface area (Å²) in [6.45, 7) is 4.24. The van der Waals surface area contributed by atoms with Crippen LogP contribution in [0.3, 0.4) is 0 Å². The van der Waals surface area contributed by atoms with Crippen molar-refractivity contribution in [2.45, 2.75) is 32.9 Å². The Balaban J connectivity index is 2.75. The summed E-state index contributed by atoms with van der Waals surface area (Å²) >= 11 is 0. The SMILES string of the molecule is CC(=O)NCCN(C(=O)CN(C)C(=O)C(C)n1cccn1)C(C)C(=O)O. The summed E-state index contributed by atoms with van der Waals surface area (Å²) in [5.74, 6) is -2.29. The molecule has 0 radical (unpaired) electrons. The fraction of sp³-hybridized carbons (Fsp3) is 0.562. The summed E-state index contributed by atoms with van der Waals surface area (Å²) in [7, 11) is 1.47. The van der Waals surface area contributed by atoms with Gasteiger partial charge >= 0.3 is 5.97 Å². The quantitative estimate of drug-likeness (QED) is 0.597. The van der Waals surface area contributed by atoms with Crippen LogP contribution in [0.4, 0.5) is 0 Å². The number of likely N-dealkylation sites (N-methyl/N-ethyl adjacent to an activating group) is 1. The lowest BCUT2D eigenvalue weighted by atomic mass is 10.2. The summed E-state index contributed by atoms with van der Waals surface area (Å²) in [5, 5.41) is 15.7. The van der Waals surface area contributed by atoms with Gasteiger partial charge in [-0.25, -0.2) is 4.79 Å². The Hall–Kier alpha value is -2.91. The molecular weight excluding hydrogens is 342 g/mol. The standard InChI is InChI=1S/C16H25N5O5/c1-11(21-8-5-6-18-21)15(24)19(4)10-14(23)20(12(2)16(25)26)9-7-17-13(3)22/h5-6,8,11-12H,7,9-10H2,1-4H3,(H,17,22)(H,25,26). The Labute approximate surface area is 151 Å². The van der Waals surface area contributed by atoms with Crippen molar-refractivity contribution in [3.63, 3.8) is 0 Å². The zero-order valence-corrected chi connectivity index (χ0v) is 15.4. The molecule has 0 saturated carbocycles. The summed E-state index contributed by atoms with van der Waals surface area (Å²) in [6.07, 6.45) is 3.19. The second kappa shape index (κ2) is 9.54. The smallest absolute Gasteiger partial charge is 0.326 e. The van der Waals surface area contributed by atoms with Gasteiger partial charge in [0, 0.05) is 39.5 Å². The van der Waals surface area contributed by atoms with Gasteiger partial charge in [0.25, 0.3) is 0 Å². The fourth-order valence-corrected chi connectivity index (χ4v) is 2.33. The van der Waals surface area contributed by atoms with Gasteiger partial charge in [0.1, 0.15) is 12.1 Å². The van der Waals surface area contributed by atoms with Crippen LogP contribution in [0.15, 0.2) is 18.5 Å². The largest absolute Gasteiger partial charge is 0.480 e. The minimum Gasteiger partial charge on any atom is -0.480 e. The van der Waals surface area contributed by atoms with Crippen LogP contribution in [0.5, 0.6) is 0 Å². The fourth-order valence-electron chi connectivity index (χ4n) is 2.33. The number of nitrogens with zero attached hydrogens (tertiary/aromatic N) is 4. The number of carbonyl (C=O) groups excluding carboxylic acids is 3. The molecule has 1 heterocycles. The number of rotatable bonds is 9. The molecule has 10 nitrogen and oxygen atoms in total. The first kappa shape index (κ1) is 21.1. The van der Waals surface area contributed by atoms with E-state index in [2.05, 4.69) is 10.4 Å². The molecule has 2 N–H and O–H groups in total. The first-order valence-corrected chi connectivity index (χ1v) is 8.16. The van der Waals surface area contributed by atoms with Gasteiger partial charge in [0.2, 0.25) is 17.7 Å². The van der Waals surface area contributed by atoms with E-state index in [-0.39, 0.29) is 31.4 Å². The Bertz CT molecular complexity index is 645. The molecule has 0 aliphatic rings. The zero-order valence-electron chi connectivity index (χ0n) is 15.4.